The molecule has 11 heteroatoms. The molecule has 0 aliphatic rings. The SMILES string of the molecule is C=C/C(=C\C(=C/C)c1ccc2[nH]nc(-c3nc4c(-c5cc(F)cc(CNS(=C)(=C)C)c5)cncc4[nH]3)c2n1)NC(=S)CC. The largest absolute Gasteiger partial charge is 0.350 e. The number of nitrogens with one attached hydrogen (secondary N) is 4. The van der Waals surface area contributed by atoms with Crippen LogP contribution in [0.1, 0.15) is 31.5 Å². The third kappa shape index (κ3) is 6.80. The molecule has 0 unspecified atom stereocenters. The quantitative estimate of drug-likeness (QED) is 0.101. The number of pyridine rings is 2. The highest BCUT2D eigenvalue weighted by Gasteiger charge is 2.18. The molecule has 0 aliphatic heterocycles. The van der Waals surface area contributed by atoms with E-state index >= 15 is 0 Å². The highest BCUT2D eigenvalue weighted by atomic mass is 32.2. The fraction of sp³-hybridized carbons (Fsp3) is 0.156. The lowest BCUT2D eigenvalue weighted by molar-refractivity contribution is 0.625. The van der Waals surface area contributed by atoms with Crippen molar-refractivity contribution in [3.05, 3.63) is 90.3 Å². The van der Waals surface area contributed by atoms with Crippen molar-refractivity contribution in [3.8, 4) is 22.6 Å². The number of rotatable bonds is 10. The summed E-state index contributed by atoms with van der Waals surface area (Å²) < 4.78 is 18.0. The summed E-state index contributed by atoms with van der Waals surface area (Å²) in [6, 6.07) is 8.78. The molecule has 0 saturated carbocycles. The maximum Gasteiger partial charge on any atom is 0.161 e. The molecule has 0 saturated heterocycles. The van der Waals surface area contributed by atoms with Gasteiger partial charge in [0.1, 0.15) is 11.3 Å². The average Bonchev–Trinajstić information content (AvgIpc) is 3.61. The van der Waals surface area contributed by atoms with Gasteiger partial charge in [0.2, 0.25) is 0 Å². The smallest absolute Gasteiger partial charge is 0.161 e. The molecule has 0 spiro atoms. The van der Waals surface area contributed by atoms with Crippen LogP contribution in [0, 0.1) is 5.82 Å². The summed E-state index contributed by atoms with van der Waals surface area (Å²) in [7, 11) is -1.45. The van der Waals surface area contributed by atoms with Gasteiger partial charge in [-0.3, -0.25) is 14.8 Å². The van der Waals surface area contributed by atoms with Gasteiger partial charge in [-0.05, 0) is 78.8 Å². The minimum absolute atomic E-state index is 0.345. The summed E-state index contributed by atoms with van der Waals surface area (Å²) in [6.45, 7) is 8.30. The number of halogens is 1. The van der Waals surface area contributed by atoms with Gasteiger partial charge >= 0.3 is 0 Å². The molecule has 220 valence electrons. The summed E-state index contributed by atoms with van der Waals surface area (Å²) in [4.78, 5) is 18.3. The predicted octanol–water partition coefficient (Wildman–Crippen LogP) is 6.81. The third-order valence-electron chi connectivity index (χ3n) is 6.66. The van der Waals surface area contributed by atoms with Crippen molar-refractivity contribution in [2.75, 3.05) is 6.26 Å². The number of thiocarbonyl (C=S) groups is 1. The van der Waals surface area contributed by atoms with Crippen LogP contribution >= 0.6 is 21.6 Å². The van der Waals surface area contributed by atoms with Crippen LogP contribution in [0.4, 0.5) is 4.39 Å². The molecule has 43 heavy (non-hydrogen) atoms. The molecule has 0 radical (unpaired) electrons. The van der Waals surface area contributed by atoms with Gasteiger partial charge in [0.25, 0.3) is 0 Å². The van der Waals surface area contributed by atoms with Crippen molar-refractivity contribution in [2.45, 2.75) is 26.8 Å². The van der Waals surface area contributed by atoms with Crippen LogP contribution in [0.2, 0.25) is 0 Å². The lowest BCUT2D eigenvalue weighted by atomic mass is 10.0. The van der Waals surface area contributed by atoms with Gasteiger partial charge in [0.15, 0.2) is 11.5 Å². The van der Waals surface area contributed by atoms with Crippen molar-refractivity contribution in [2.24, 2.45) is 0 Å². The highest BCUT2D eigenvalue weighted by Crippen LogP contribution is 2.32. The van der Waals surface area contributed by atoms with Crippen LogP contribution in [0.25, 0.3) is 50.3 Å². The highest BCUT2D eigenvalue weighted by molar-refractivity contribution is 8.25. The Hall–Kier alpha value is -4.45. The van der Waals surface area contributed by atoms with Gasteiger partial charge in [0.05, 0.1) is 33.4 Å². The first-order valence-corrected chi connectivity index (χ1v) is 16.4. The number of aromatic amines is 2. The second kappa shape index (κ2) is 12.4. The molecule has 0 bridgehead atoms. The molecule has 0 atom stereocenters. The van der Waals surface area contributed by atoms with Gasteiger partial charge in [-0.15, -0.1) is 0 Å². The molecule has 5 aromatic rings. The van der Waals surface area contributed by atoms with E-state index in [4.69, 9.17) is 22.2 Å². The van der Waals surface area contributed by atoms with Crippen LogP contribution in [-0.4, -0.2) is 53.1 Å². The fourth-order valence-corrected chi connectivity index (χ4v) is 5.15. The number of fused-ring (bicyclic) bond motifs is 2. The molecule has 4 aromatic heterocycles. The van der Waals surface area contributed by atoms with E-state index in [0.717, 1.165) is 39.5 Å². The topological polar surface area (TPSA) is 107 Å². The predicted molar refractivity (Wildman–Crippen MR) is 185 cm³/mol. The minimum Gasteiger partial charge on any atom is -0.350 e. The number of allylic oxidation sites excluding steroid dienone is 4. The first-order valence-electron chi connectivity index (χ1n) is 13.6. The number of benzene rings is 1. The van der Waals surface area contributed by atoms with E-state index in [1.54, 1.807) is 18.5 Å². The third-order valence-corrected chi connectivity index (χ3v) is 7.89. The number of nitrogens with zero attached hydrogens (tertiary/aromatic N) is 4. The van der Waals surface area contributed by atoms with Crippen molar-refractivity contribution >= 4 is 66.0 Å². The van der Waals surface area contributed by atoms with Gasteiger partial charge in [-0.1, -0.05) is 43.5 Å². The van der Waals surface area contributed by atoms with Crippen molar-refractivity contribution in [3.63, 3.8) is 0 Å². The standard InChI is InChI=1S/C32H33FN8S2/c1-7-20(15-23(8-2)36-28(42)9-3)25-10-11-26-30(37-25)31(41-40-26)32-38-27-18-34-17-24(29(27)39-32)21-12-19(13-22(33)14-21)16-35-43(4,5)6/h7-8,10-15,17-18,35H,2,4-5,9,16H2,1,3,6H3,(H,36,42)(H,38,39)(H,40,41)/b20-7+,23-15+. The zero-order chi connectivity index (χ0) is 30.7. The van der Waals surface area contributed by atoms with E-state index in [1.807, 2.05) is 50.5 Å². The van der Waals surface area contributed by atoms with Gasteiger partial charge < -0.3 is 10.3 Å². The van der Waals surface area contributed by atoms with E-state index in [-0.39, 0.29) is 5.82 Å². The first-order chi connectivity index (χ1) is 20.6. The van der Waals surface area contributed by atoms with Gasteiger partial charge in [0, 0.05) is 24.0 Å². The Balaban J connectivity index is 1.55. The second-order valence-electron chi connectivity index (χ2n) is 10.2. The van der Waals surface area contributed by atoms with Crippen molar-refractivity contribution in [1.82, 2.24) is 40.2 Å². The summed E-state index contributed by atoms with van der Waals surface area (Å²) in [5.41, 5.74) is 7.91. The molecule has 8 nitrogen and oxygen atoms in total. The number of aromatic nitrogens is 6. The van der Waals surface area contributed by atoms with Crippen LogP contribution in [0.15, 0.2) is 73.2 Å². The Morgan fingerprint density at radius 1 is 1.12 bits per heavy atom. The zero-order valence-corrected chi connectivity index (χ0v) is 25.9. The molecular formula is C32H33FN8S2. The molecule has 1 aromatic carbocycles. The molecule has 0 fully saturated rings. The monoisotopic (exact) mass is 612 g/mol. The molecule has 0 aliphatic carbocycles. The van der Waals surface area contributed by atoms with Gasteiger partial charge in [-0.2, -0.15) is 14.5 Å². The average molecular weight is 613 g/mol. The normalized spacial score (nSPS) is 12.7. The van der Waals surface area contributed by atoms with E-state index in [2.05, 4.69) is 48.5 Å². The minimum atomic E-state index is -1.45. The maximum absolute atomic E-state index is 14.7. The number of hydrogen-bond acceptors (Lipinski definition) is 6. The Bertz CT molecular complexity index is 2030. The molecule has 5 rings (SSSR count). The van der Waals surface area contributed by atoms with Crippen LogP contribution < -0.4 is 10.0 Å². The van der Waals surface area contributed by atoms with Crippen molar-refractivity contribution < 1.29 is 4.39 Å². The fourth-order valence-electron chi connectivity index (χ4n) is 4.51. The maximum atomic E-state index is 14.7. The van der Waals surface area contributed by atoms with Crippen LogP contribution in [0.3, 0.4) is 0 Å². The lowest BCUT2D eigenvalue weighted by Gasteiger charge is -2.12. The summed E-state index contributed by atoms with van der Waals surface area (Å²) in [5, 5.41) is 10.8. The van der Waals surface area contributed by atoms with Crippen LogP contribution in [-0.2, 0) is 6.54 Å². The molecule has 0 amide bonds. The molecule has 4 N–H and O–H groups in total. The van der Waals surface area contributed by atoms with E-state index in [1.165, 1.54) is 12.1 Å². The Morgan fingerprint density at radius 3 is 2.65 bits per heavy atom. The summed E-state index contributed by atoms with van der Waals surface area (Å²) >= 11 is 5.34. The van der Waals surface area contributed by atoms with Crippen LogP contribution in [0.5, 0.6) is 0 Å². The summed E-state index contributed by atoms with van der Waals surface area (Å²) in [6.07, 6.45) is 11.7. The molecular weight excluding hydrogens is 580 g/mol. The summed E-state index contributed by atoms with van der Waals surface area (Å²) in [5.74, 6) is 8.25. The lowest BCUT2D eigenvalue weighted by Crippen LogP contribution is -2.18. The first kappa shape index (κ1) is 30.0. The zero-order valence-electron chi connectivity index (χ0n) is 24.3. The van der Waals surface area contributed by atoms with E-state index in [0.29, 0.717) is 45.7 Å². The Kier molecular flexibility index (Phi) is 8.67. The Morgan fingerprint density at radius 2 is 1.93 bits per heavy atom. The van der Waals surface area contributed by atoms with Gasteiger partial charge in [-0.25, -0.2) is 14.4 Å². The Labute approximate surface area is 255 Å². The molecule has 4 heterocycles. The second-order valence-corrected chi connectivity index (χ2v) is 13.6. The van der Waals surface area contributed by atoms with E-state index in [9.17, 15) is 4.39 Å². The number of hydrogen-bond donors (Lipinski definition) is 4. The number of H-pyrrole nitrogens is 2. The van der Waals surface area contributed by atoms with E-state index < -0.39 is 9.39 Å². The van der Waals surface area contributed by atoms with Crippen molar-refractivity contribution in [1.29, 1.82) is 0 Å². The number of imidazole rings is 1.